The molecule has 4 rings (SSSR count). The maximum Gasteiger partial charge on any atom is 0.272 e. The van der Waals surface area contributed by atoms with Gasteiger partial charge in [0.1, 0.15) is 5.75 Å². The molecule has 6 nitrogen and oxygen atoms in total. The highest BCUT2D eigenvalue weighted by molar-refractivity contribution is 6.05. The number of ether oxygens (including phenoxy) is 1. The molecule has 146 valence electrons. The van der Waals surface area contributed by atoms with Gasteiger partial charge < -0.3 is 10.1 Å². The molecule has 1 saturated heterocycles. The van der Waals surface area contributed by atoms with Gasteiger partial charge in [0.05, 0.1) is 12.6 Å². The molecular formula is C22H26N4O2. The van der Waals surface area contributed by atoms with Crippen LogP contribution in [0.4, 0.5) is 0 Å². The van der Waals surface area contributed by atoms with Crippen LogP contribution in [0.3, 0.4) is 0 Å². The summed E-state index contributed by atoms with van der Waals surface area (Å²) in [4.78, 5) is 15.1. The van der Waals surface area contributed by atoms with E-state index in [-0.39, 0.29) is 5.91 Å². The lowest BCUT2D eigenvalue weighted by atomic mass is 9.96. The average Bonchev–Trinajstić information content (AvgIpc) is 3.17. The summed E-state index contributed by atoms with van der Waals surface area (Å²) in [5, 5.41) is 11.0. The van der Waals surface area contributed by atoms with Gasteiger partial charge in [0, 0.05) is 18.5 Å². The fraction of sp³-hybridized carbons (Fsp3) is 0.364. The zero-order chi connectivity index (χ0) is 19.3. The fourth-order valence-corrected chi connectivity index (χ4v) is 3.80. The van der Waals surface area contributed by atoms with Crippen molar-refractivity contribution < 1.29 is 9.53 Å². The van der Waals surface area contributed by atoms with Gasteiger partial charge in [0.2, 0.25) is 0 Å². The third-order valence-corrected chi connectivity index (χ3v) is 5.49. The molecule has 0 saturated carbocycles. The topological polar surface area (TPSA) is 70.2 Å². The summed E-state index contributed by atoms with van der Waals surface area (Å²) in [6.07, 6.45) is 2.20. The number of methoxy groups -OCH3 is 1. The highest BCUT2D eigenvalue weighted by Crippen LogP contribution is 2.22. The molecule has 6 heteroatoms. The van der Waals surface area contributed by atoms with Crippen LogP contribution in [0.1, 0.15) is 28.9 Å². The van der Waals surface area contributed by atoms with Crippen molar-refractivity contribution in [3.05, 3.63) is 59.8 Å². The molecule has 1 aromatic heterocycles. The zero-order valence-electron chi connectivity index (χ0n) is 16.1. The first-order valence-corrected chi connectivity index (χ1v) is 9.79. The summed E-state index contributed by atoms with van der Waals surface area (Å²) in [5.41, 5.74) is 2.62. The van der Waals surface area contributed by atoms with Gasteiger partial charge in [-0.05, 0) is 55.6 Å². The number of nitrogens with zero attached hydrogens (tertiary/aromatic N) is 2. The van der Waals surface area contributed by atoms with Crippen molar-refractivity contribution in [1.29, 1.82) is 0 Å². The lowest BCUT2D eigenvalue weighted by Crippen LogP contribution is -2.38. The first kappa shape index (κ1) is 18.5. The number of hydrogen-bond acceptors (Lipinski definition) is 4. The van der Waals surface area contributed by atoms with E-state index in [1.807, 2.05) is 18.2 Å². The van der Waals surface area contributed by atoms with Crippen LogP contribution in [0.15, 0.2) is 48.5 Å². The van der Waals surface area contributed by atoms with E-state index in [9.17, 15) is 4.79 Å². The van der Waals surface area contributed by atoms with Gasteiger partial charge in [-0.15, -0.1) is 0 Å². The van der Waals surface area contributed by atoms with Crippen molar-refractivity contribution in [2.75, 3.05) is 26.7 Å². The van der Waals surface area contributed by atoms with E-state index in [4.69, 9.17) is 4.74 Å². The van der Waals surface area contributed by atoms with Crippen LogP contribution < -0.4 is 10.1 Å². The summed E-state index contributed by atoms with van der Waals surface area (Å²) in [7, 11) is 1.62. The molecule has 0 aliphatic carbocycles. The first-order valence-electron chi connectivity index (χ1n) is 9.79. The minimum Gasteiger partial charge on any atom is -0.497 e. The maximum absolute atomic E-state index is 12.6. The third kappa shape index (κ3) is 4.17. The zero-order valence-corrected chi connectivity index (χ0v) is 16.1. The Morgan fingerprint density at radius 1 is 1.21 bits per heavy atom. The maximum atomic E-state index is 12.6. The van der Waals surface area contributed by atoms with Crippen molar-refractivity contribution in [3.8, 4) is 5.75 Å². The SMILES string of the molecule is COc1ccc2[nH]nc(C(=O)NCC3CCN(Cc4ccccc4)CC3)c2c1. The lowest BCUT2D eigenvalue weighted by molar-refractivity contribution is 0.0932. The Morgan fingerprint density at radius 2 is 2.00 bits per heavy atom. The number of aromatic nitrogens is 2. The normalized spacial score (nSPS) is 15.6. The highest BCUT2D eigenvalue weighted by atomic mass is 16.5. The van der Waals surface area contributed by atoms with Gasteiger partial charge >= 0.3 is 0 Å². The van der Waals surface area contributed by atoms with Crippen molar-refractivity contribution in [2.45, 2.75) is 19.4 Å². The van der Waals surface area contributed by atoms with Gasteiger partial charge in [0.25, 0.3) is 5.91 Å². The average molecular weight is 378 g/mol. The summed E-state index contributed by atoms with van der Waals surface area (Å²) in [6.45, 7) is 3.83. The van der Waals surface area contributed by atoms with Crippen LogP contribution in [0.2, 0.25) is 0 Å². The second-order valence-electron chi connectivity index (χ2n) is 7.40. The second-order valence-corrected chi connectivity index (χ2v) is 7.40. The second kappa shape index (κ2) is 8.44. The number of amides is 1. The van der Waals surface area contributed by atoms with Crippen LogP contribution in [0, 0.1) is 5.92 Å². The van der Waals surface area contributed by atoms with Crippen LogP contribution in [-0.2, 0) is 6.54 Å². The smallest absolute Gasteiger partial charge is 0.272 e. The van der Waals surface area contributed by atoms with E-state index in [1.165, 1.54) is 5.56 Å². The minimum absolute atomic E-state index is 0.133. The molecule has 1 aliphatic heterocycles. The molecule has 2 N–H and O–H groups in total. The van der Waals surface area contributed by atoms with E-state index in [2.05, 4.69) is 50.7 Å². The first-order chi connectivity index (χ1) is 13.7. The number of carbonyl (C=O) groups excluding carboxylic acids is 1. The molecule has 0 radical (unpaired) electrons. The van der Waals surface area contributed by atoms with Crippen molar-refractivity contribution in [2.24, 2.45) is 5.92 Å². The number of H-pyrrole nitrogens is 1. The van der Waals surface area contributed by atoms with E-state index < -0.39 is 0 Å². The van der Waals surface area contributed by atoms with E-state index in [1.54, 1.807) is 7.11 Å². The van der Waals surface area contributed by atoms with E-state index >= 15 is 0 Å². The number of piperidine rings is 1. The summed E-state index contributed by atoms with van der Waals surface area (Å²) in [6, 6.07) is 16.2. The van der Waals surface area contributed by atoms with Crippen molar-refractivity contribution in [1.82, 2.24) is 20.4 Å². The predicted molar refractivity (Wildman–Crippen MR) is 109 cm³/mol. The van der Waals surface area contributed by atoms with Crippen LogP contribution in [0.5, 0.6) is 5.75 Å². The molecular weight excluding hydrogens is 352 g/mol. The largest absolute Gasteiger partial charge is 0.497 e. The molecule has 1 aliphatic rings. The number of hydrogen-bond donors (Lipinski definition) is 2. The molecule has 0 unspecified atom stereocenters. The number of rotatable bonds is 6. The molecule has 1 fully saturated rings. The summed E-state index contributed by atoms with van der Waals surface area (Å²) < 4.78 is 5.26. The van der Waals surface area contributed by atoms with Crippen molar-refractivity contribution >= 4 is 16.8 Å². The predicted octanol–water partition coefficient (Wildman–Crippen LogP) is 3.21. The minimum atomic E-state index is -0.133. The Kier molecular flexibility index (Phi) is 5.58. The number of nitrogens with one attached hydrogen (secondary N) is 2. The van der Waals surface area contributed by atoms with Gasteiger partial charge in [-0.1, -0.05) is 30.3 Å². The Bertz CT molecular complexity index is 930. The number of carbonyl (C=O) groups is 1. The Hall–Kier alpha value is -2.86. The summed E-state index contributed by atoms with van der Waals surface area (Å²) in [5.74, 6) is 1.09. The number of aromatic amines is 1. The monoisotopic (exact) mass is 378 g/mol. The number of likely N-dealkylation sites (tertiary alicyclic amines) is 1. The molecule has 0 atom stereocenters. The van der Waals surface area contributed by atoms with Crippen LogP contribution in [-0.4, -0.2) is 47.7 Å². The van der Waals surface area contributed by atoms with Crippen molar-refractivity contribution in [3.63, 3.8) is 0 Å². The number of fused-ring (bicyclic) bond motifs is 1. The highest BCUT2D eigenvalue weighted by Gasteiger charge is 2.21. The van der Waals surface area contributed by atoms with E-state index in [0.717, 1.165) is 43.4 Å². The molecule has 0 spiro atoms. The third-order valence-electron chi connectivity index (χ3n) is 5.49. The van der Waals surface area contributed by atoms with Gasteiger partial charge in [-0.25, -0.2) is 0 Å². The standard InChI is InChI=1S/C22H26N4O2/c1-28-18-7-8-20-19(13-18)21(25-24-20)22(27)23-14-16-9-11-26(12-10-16)15-17-5-3-2-4-6-17/h2-8,13,16H,9-12,14-15H2,1H3,(H,23,27)(H,24,25). The number of benzene rings is 2. The lowest BCUT2D eigenvalue weighted by Gasteiger charge is -2.32. The Morgan fingerprint density at radius 3 is 2.75 bits per heavy atom. The fourth-order valence-electron chi connectivity index (χ4n) is 3.80. The molecule has 2 aromatic carbocycles. The van der Waals surface area contributed by atoms with Crippen LogP contribution in [0.25, 0.3) is 10.9 Å². The molecule has 1 amide bonds. The molecule has 3 aromatic rings. The van der Waals surface area contributed by atoms with Gasteiger partial charge in [-0.3, -0.25) is 14.8 Å². The molecule has 28 heavy (non-hydrogen) atoms. The van der Waals surface area contributed by atoms with Gasteiger partial charge in [-0.2, -0.15) is 5.10 Å². The van der Waals surface area contributed by atoms with Gasteiger partial charge in [0.15, 0.2) is 5.69 Å². The molecule has 2 heterocycles. The molecule has 0 bridgehead atoms. The quantitative estimate of drug-likeness (QED) is 0.691. The Labute approximate surface area is 164 Å². The Balaban J connectivity index is 1.29. The van der Waals surface area contributed by atoms with Crippen LogP contribution >= 0.6 is 0 Å². The van der Waals surface area contributed by atoms with E-state index in [0.29, 0.717) is 23.9 Å². The summed E-state index contributed by atoms with van der Waals surface area (Å²) >= 11 is 0.